The van der Waals surface area contributed by atoms with Crippen LogP contribution in [0, 0.1) is 5.41 Å². The molecule has 3 rings (SSSR count). The maximum Gasteiger partial charge on any atom is 0.255 e. The number of amides is 1. The summed E-state index contributed by atoms with van der Waals surface area (Å²) < 4.78 is 0. The third-order valence-corrected chi connectivity index (χ3v) is 5.87. The smallest absolute Gasteiger partial charge is 0.255 e. The van der Waals surface area contributed by atoms with Gasteiger partial charge >= 0.3 is 0 Å². The number of aliphatic hydroxyl groups is 1. The predicted molar refractivity (Wildman–Crippen MR) is 93.8 cm³/mol. The fourth-order valence-corrected chi connectivity index (χ4v) is 4.35. The minimum absolute atomic E-state index is 0.0953. The Labute approximate surface area is 144 Å². The zero-order chi connectivity index (χ0) is 17.2. The van der Waals surface area contributed by atoms with Crippen LogP contribution in [0.4, 0.5) is 0 Å². The average Bonchev–Trinajstić information content (AvgIpc) is 2.58. The molecule has 2 aliphatic rings. The van der Waals surface area contributed by atoms with Crippen LogP contribution in [0.2, 0.25) is 0 Å². The molecule has 1 saturated carbocycles. The lowest BCUT2D eigenvalue weighted by atomic mass is 9.64. The van der Waals surface area contributed by atoms with Crippen LogP contribution in [0.25, 0.3) is 0 Å². The second-order valence-corrected chi connectivity index (χ2v) is 8.00. The predicted octanol–water partition coefficient (Wildman–Crippen LogP) is 2.17. The van der Waals surface area contributed by atoms with Gasteiger partial charge in [-0.05, 0) is 70.2 Å². The highest BCUT2D eigenvalue weighted by Gasteiger charge is 2.43. The lowest BCUT2D eigenvalue weighted by Gasteiger charge is -2.48. The van der Waals surface area contributed by atoms with Crippen molar-refractivity contribution in [3.05, 3.63) is 30.1 Å². The van der Waals surface area contributed by atoms with Gasteiger partial charge in [-0.2, -0.15) is 0 Å². The van der Waals surface area contributed by atoms with E-state index in [4.69, 9.17) is 0 Å². The van der Waals surface area contributed by atoms with Crippen LogP contribution in [0.1, 0.15) is 48.9 Å². The summed E-state index contributed by atoms with van der Waals surface area (Å²) in [4.78, 5) is 20.6. The van der Waals surface area contributed by atoms with Crippen LogP contribution in [0.5, 0.6) is 0 Å². The molecule has 2 fully saturated rings. The van der Waals surface area contributed by atoms with E-state index in [-0.39, 0.29) is 5.91 Å². The van der Waals surface area contributed by atoms with Gasteiger partial charge in [0.25, 0.3) is 5.91 Å². The largest absolute Gasteiger partial charge is 0.389 e. The molecule has 0 unspecified atom stereocenters. The van der Waals surface area contributed by atoms with Crippen LogP contribution < -0.4 is 0 Å². The number of hydrogen-bond donors (Lipinski definition) is 1. The number of nitrogens with zero attached hydrogens (tertiary/aromatic N) is 3. The third kappa shape index (κ3) is 3.78. The Bertz CT molecular complexity index is 555. The number of pyridine rings is 1. The van der Waals surface area contributed by atoms with Gasteiger partial charge in [0.15, 0.2) is 0 Å². The van der Waals surface area contributed by atoms with E-state index in [2.05, 4.69) is 9.88 Å². The quantitative estimate of drug-likeness (QED) is 0.922. The lowest BCUT2D eigenvalue weighted by Crippen LogP contribution is -2.49. The van der Waals surface area contributed by atoms with Crippen LogP contribution in [0.15, 0.2) is 24.5 Å². The van der Waals surface area contributed by atoms with E-state index in [1.165, 1.54) is 0 Å². The molecule has 0 bridgehead atoms. The summed E-state index contributed by atoms with van der Waals surface area (Å²) in [6, 6.07) is 3.65. The Morgan fingerprint density at radius 2 is 1.88 bits per heavy atom. The SMILES string of the molecule is CN(C)CC1(O)CCC2(CCN(C(=O)c3cccnc3)CC2)CC1. The van der Waals surface area contributed by atoms with E-state index >= 15 is 0 Å². The van der Waals surface area contributed by atoms with Crippen molar-refractivity contribution in [1.29, 1.82) is 0 Å². The molecule has 1 aliphatic carbocycles. The highest BCUT2D eigenvalue weighted by Crippen LogP contribution is 2.47. The Morgan fingerprint density at radius 1 is 1.21 bits per heavy atom. The minimum atomic E-state index is -0.530. The Balaban J connectivity index is 1.55. The summed E-state index contributed by atoms with van der Waals surface area (Å²) in [5.74, 6) is 0.0953. The van der Waals surface area contributed by atoms with Gasteiger partial charge in [-0.25, -0.2) is 0 Å². The maximum absolute atomic E-state index is 12.5. The monoisotopic (exact) mass is 331 g/mol. The van der Waals surface area contributed by atoms with Crippen LogP contribution in [0.3, 0.4) is 0 Å². The fourth-order valence-electron chi connectivity index (χ4n) is 4.35. The van der Waals surface area contributed by atoms with Crippen LogP contribution in [-0.4, -0.2) is 65.1 Å². The second-order valence-electron chi connectivity index (χ2n) is 8.00. The maximum atomic E-state index is 12.5. The van der Waals surface area contributed by atoms with Gasteiger partial charge in [-0.1, -0.05) is 0 Å². The van der Waals surface area contributed by atoms with Crippen molar-refractivity contribution in [1.82, 2.24) is 14.8 Å². The summed E-state index contributed by atoms with van der Waals surface area (Å²) in [6.45, 7) is 2.38. The molecule has 5 heteroatoms. The van der Waals surface area contributed by atoms with Crippen molar-refractivity contribution >= 4 is 5.91 Å². The molecule has 1 aromatic heterocycles. The highest BCUT2D eigenvalue weighted by molar-refractivity contribution is 5.93. The molecule has 1 aromatic rings. The first kappa shape index (κ1) is 17.4. The van der Waals surface area contributed by atoms with E-state index in [0.717, 1.165) is 58.2 Å². The lowest BCUT2D eigenvalue weighted by molar-refractivity contribution is -0.0615. The first-order valence-electron chi connectivity index (χ1n) is 8.98. The van der Waals surface area contributed by atoms with Gasteiger partial charge in [-0.15, -0.1) is 0 Å². The number of hydrogen-bond acceptors (Lipinski definition) is 4. The summed E-state index contributed by atoms with van der Waals surface area (Å²) >= 11 is 0. The molecular formula is C19H29N3O2. The minimum Gasteiger partial charge on any atom is -0.389 e. The Morgan fingerprint density at radius 3 is 2.42 bits per heavy atom. The Hall–Kier alpha value is -1.46. The summed E-state index contributed by atoms with van der Waals surface area (Å²) in [7, 11) is 4.04. The van der Waals surface area contributed by atoms with Gasteiger partial charge in [0.2, 0.25) is 0 Å². The number of rotatable bonds is 3. The van der Waals surface area contributed by atoms with E-state index in [1.807, 2.05) is 31.1 Å². The molecule has 1 spiro atoms. The standard InChI is InChI=1S/C19H29N3O2/c1-21(2)15-19(24)7-5-18(6-8-19)9-12-22(13-10-18)17(23)16-4-3-11-20-14-16/h3-4,11,14,24H,5-10,12-13,15H2,1-2H3. The van der Waals surface area contributed by atoms with Crippen molar-refractivity contribution in [3.63, 3.8) is 0 Å². The number of likely N-dealkylation sites (N-methyl/N-ethyl adjacent to an activating group) is 1. The van der Waals surface area contributed by atoms with Gasteiger partial charge < -0.3 is 14.9 Å². The first-order chi connectivity index (χ1) is 11.4. The molecule has 1 saturated heterocycles. The zero-order valence-corrected chi connectivity index (χ0v) is 14.9. The molecule has 1 aliphatic heterocycles. The number of likely N-dealkylation sites (tertiary alicyclic amines) is 1. The van der Waals surface area contributed by atoms with Gasteiger partial charge in [0, 0.05) is 32.0 Å². The summed E-state index contributed by atoms with van der Waals surface area (Å²) in [5, 5.41) is 10.7. The van der Waals surface area contributed by atoms with Crippen molar-refractivity contribution in [2.75, 3.05) is 33.7 Å². The van der Waals surface area contributed by atoms with Crippen molar-refractivity contribution < 1.29 is 9.90 Å². The van der Waals surface area contributed by atoms with E-state index < -0.39 is 5.60 Å². The molecule has 0 aromatic carbocycles. The molecule has 2 heterocycles. The highest BCUT2D eigenvalue weighted by atomic mass is 16.3. The first-order valence-corrected chi connectivity index (χ1v) is 8.98. The summed E-state index contributed by atoms with van der Waals surface area (Å²) in [6.07, 6.45) is 9.35. The van der Waals surface area contributed by atoms with Crippen LogP contribution >= 0.6 is 0 Å². The van der Waals surface area contributed by atoms with E-state index in [1.54, 1.807) is 12.4 Å². The number of piperidine rings is 1. The molecule has 24 heavy (non-hydrogen) atoms. The normalized spacial score (nSPS) is 22.8. The van der Waals surface area contributed by atoms with Gasteiger partial charge in [0.1, 0.15) is 0 Å². The van der Waals surface area contributed by atoms with Crippen molar-refractivity contribution in [3.8, 4) is 0 Å². The number of carbonyl (C=O) groups is 1. The topological polar surface area (TPSA) is 56.7 Å². The number of carbonyl (C=O) groups excluding carboxylic acids is 1. The molecular weight excluding hydrogens is 302 g/mol. The average molecular weight is 331 g/mol. The molecule has 1 N–H and O–H groups in total. The Kier molecular flexibility index (Phi) is 4.92. The van der Waals surface area contributed by atoms with Gasteiger partial charge in [0.05, 0.1) is 11.2 Å². The van der Waals surface area contributed by atoms with Crippen molar-refractivity contribution in [2.24, 2.45) is 5.41 Å². The molecule has 132 valence electrons. The van der Waals surface area contributed by atoms with E-state index in [9.17, 15) is 9.90 Å². The molecule has 5 nitrogen and oxygen atoms in total. The number of aromatic nitrogens is 1. The van der Waals surface area contributed by atoms with Crippen molar-refractivity contribution in [2.45, 2.75) is 44.1 Å². The fraction of sp³-hybridized carbons (Fsp3) is 0.684. The van der Waals surface area contributed by atoms with E-state index in [0.29, 0.717) is 11.0 Å². The molecule has 1 amide bonds. The van der Waals surface area contributed by atoms with Crippen LogP contribution in [-0.2, 0) is 0 Å². The second kappa shape index (κ2) is 6.81. The van der Waals surface area contributed by atoms with Gasteiger partial charge in [-0.3, -0.25) is 9.78 Å². The summed E-state index contributed by atoms with van der Waals surface area (Å²) in [5.41, 5.74) is 0.472. The zero-order valence-electron chi connectivity index (χ0n) is 14.9. The molecule has 0 atom stereocenters. The molecule has 0 radical (unpaired) electrons. The third-order valence-electron chi connectivity index (χ3n) is 5.87.